The molecule has 2 N–H and O–H groups in total. The van der Waals surface area contributed by atoms with Crippen LogP contribution in [0.4, 0.5) is 5.69 Å². The van der Waals surface area contributed by atoms with E-state index in [0.29, 0.717) is 10.6 Å². The van der Waals surface area contributed by atoms with E-state index >= 15 is 0 Å². The third-order valence-electron chi connectivity index (χ3n) is 2.74. The lowest BCUT2D eigenvalue weighted by Gasteiger charge is -2.16. The average Bonchev–Trinajstić information content (AvgIpc) is 2.46. The van der Waals surface area contributed by atoms with E-state index in [2.05, 4.69) is 10.5 Å². The number of anilines is 1. The first kappa shape index (κ1) is 13.6. The fourth-order valence-electron chi connectivity index (χ4n) is 1.81. The van der Waals surface area contributed by atoms with Gasteiger partial charge in [0.1, 0.15) is 6.10 Å². The fraction of sp³-hybridized carbons (Fsp3) is 0.133. The smallest absolute Gasteiger partial charge is 0.106 e. The first-order valence-corrected chi connectivity index (χ1v) is 6.36. The summed E-state index contributed by atoms with van der Waals surface area (Å²) in [5, 5.41) is 15.0. The SMILES string of the molecule is C/C=N/Nc1ccc(Cl)cc1C(O)c1ccccc1. The Balaban J connectivity index is 2.39. The lowest BCUT2D eigenvalue weighted by Crippen LogP contribution is -2.03. The largest absolute Gasteiger partial charge is 0.384 e. The molecule has 0 bridgehead atoms. The molecular weight excluding hydrogens is 260 g/mol. The fourth-order valence-corrected chi connectivity index (χ4v) is 1.99. The Kier molecular flexibility index (Phi) is 4.55. The number of benzene rings is 2. The van der Waals surface area contributed by atoms with Gasteiger partial charge in [-0.2, -0.15) is 5.10 Å². The van der Waals surface area contributed by atoms with Crippen LogP contribution in [-0.2, 0) is 0 Å². The number of rotatable bonds is 4. The molecule has 0 aliphatic heterocycles. The van der Waals surface area contributed by atoms with Crippen LogP contribution in [0.3, 0.4) is 0 Å². The summed E-state index contributed by atoms with van der Waals surface area (Å²) in [5.74, 6) is 0. The van der Waals surface area contributed by atoms with Gasteiger partial charge >= 0.3 is 0 Å². The van der Waals surface area contributed by atoms with Crippen molar-refractivity contribution in [2.45, 2.75) is 13.0 Å². The van der Waals surface area contributed by atoms with Crippen molar-refractivity contribution in [3.63, 3.8) is 0 Å². The highest BCUT2D eigenvalue weighted by molar-refractivity contribution is 6.30. The Morgan fingerprint density at radius 1 is 1.21 bits per heavy atom. The van der Waals surface area contributed by atoms with Crippen LogP contribution < -0.4 is 5.43 Å². The second-order valence-electron chi connectivity index (χ2n) is 4.04. The number of hydrogen-bond donors (Lipinski definition) is 2. The van der Waals surface area contributed by atoms with Gasteiger partial charge in [0.25, 0.3) is 0 Å². The summed E-state index contributed by atoms with van der Waals surface area (Å²) in [5.41, 5.74) is 5.14. The molecule has 98 valence electrons. The van der Waals surface area contributed by atoms with E-state index in [9.17, 15) is 5.11 Å². The molecule has 0 saturated heterocycles. The third kappa shape index (κ3) is 3.34. The van der Waals surface area contributed by atoms with Gasteiger partial charge in [-0.05, 0) is 30.7 Å². The maximum absolute atomic E-state index is 10.4. The maximum Gasteiger partial charge on any atom is 0.106 e. The van der Waals surface area contributed by atoms with E-state index < -0.39 is 6.10 Å². The van der Waals surface area contributed by atoms with Gasteiger partial charge in [0, 0.05) is 16.8 Å². The number of nitrogens with one attached hydrogen (secondary N) is 1. The third-order valence-corrected chi connectivity index (χ3v) is 2.97. The van der Waals surface area contributed by atoms with Gasteiger partial charge in [-0.1, -0.05) is 41.9 Å². The van der Waals surface area contributed by atoms with Crippen LogP contribution in [0.15, 0.2) is 53.6 Å². The molecule has 0 aliphatic carbocycles. The van der Waals surface area contributed by atoms with Crippen molar-refractivity contribution >= 4 is 23.5 Å². The molecule has 0 amide bonds. The summed E-state index contributed by atoms with van der Waals surface area (Å²) in [6.07, 6.45) is 0.905. The van der Waals surface area contributed by atoms with E-state index in [1.807, 2.05) is 37.3 Å². The highest BCUT2D eigenvalue weighted by Gasteiger charge is 2.14. The first-order chi connectivity index (χ1) is 9.22. The summed E-state index contributed by atoms with van der Waals surface area (Å²) in [6.45, 7) is 1.82. The lowest BCUT2D eigenvalue weighted by atomic mass is 10.00. The molecule has 0 aliphatic rings. The van der Waals surface area contributed by atoms with Crippen molar-refractivity contribution < 1.29 is 5.11 Å². The van der Waals surface area contributed by atoms with Crippen molar-refractivity contribution in [1.82, 2.24) is 0 Å². The molecule has 4 heteroatoms. The maximum atomic E-state index is 10.4. The van der Waals surface area contributed by atoms with E-state index in [-0.39, 0.29) is 0 Å². The minimum absolute atomic E-state index is 0.580. The average molecular weight is 275 g/mol. The summed E-state index contributed by atoms with van der Waals surface area (Å²) >= 11 is 6.01. The van der Waals surface area contributed by atoms with Crippen LogP contribution in [-0.4, -0.2) is 11.3 Å². The van der Waals surface area contributed by atoms with Crippen molar-refractivity contribution in [3.05, 3.63) is 64.7 Å². The summed E-state index contributed by atoms with van der Waals surface area (Å²) in [7, 11) is 0. The molecule has 0 saturated carbocycles. The Morgan fingerprint density at radius 3 is 2.63 bits per heavy atom. The molecule has 0 aromatic heterocycles. The Bertz CT molecular complexity index is 570. The number of nitrogens with zero attached hydrogens (tertiary/aromatic N) is 1. The van der Waals surface area contributed by atoms with Gasteiger partial charge < -0.3 is 5.11 Å². The summed E-state index contributed by atoms with van der Waals surface area (Å²) in [6, 6.07) is 14.7. The quantitative estimate of drug-likeness (QED) is 0.657. The van der Waals surface area contributed by atoms with Gasteiger partial charge in [0.05, 0.1) is 5.69 Å². The molecule has 2 aromatic carbocycles. The van der Waals surface area contributed by atoms with Gasteiger partial charge in [0.15, 0.2) is 0 Å². The van der Waals surface area contributed by atoms with Crippen LogP contribution >= 0.6 is 11.6 Å². The highest BCUT2D eigenvalue weighted by atomic mass is 35.5. The zero-order chi connectivity index (χ0) is 13.7. The zero-order valence-electron chi connectivity index (χ0n) is 10.5. The van der Waals surface area contributed by atoms with Gasteiger partial charge in [-0.15, -0.1) is 0 Å². The molecule has 2 rings (SSSR count). The summed E-state index contributed by atoms with van der Waals surface area (Å²) < 4.78 is 0. The van der Waals surface area contributed by atoms with Crippen molar-refractivity contribution in [2.24, 2.45) is 5.10 Å². The standard InChI is InChI=1S/C15H15ClN2O/c1-2-17-18-14-9-8-12(16)10-13(14)15(19)11-6-4-3-5-7-11/h2-10,15,18-19H,1H3/b17-2+. The molecule has 0 fully saturated rings. The van der Waals surface area contributed by atoms with Crippen molar-refractivity contribution in [3.8, 4) is 0 Å². The number of aliphatic hydroxyl groups excluding tert-OH is 1. The molecule has 19 heavy (non-hydrogen) atoms. The molecule has 2 aromatic rings. The molecule has 0 radical (unpaired) electrons. The predicted molar refractivity (Wildman–Crippen MR) is 79.7 cm³/mol. The van der Waals surface area contributed by atoms with Crippen LogP contribution in [0.25, 0.3) is 0 Å². The minimum Gasteiger partial charge on any atom is -0.384 e. The topological polar surface area (TPSA) is 44.6 Å². The van der Waals surface area contributed by atoms with E-state index in [0.717, 1.165) is 11.3 Å². The van der Waals surface area contributed by atoms with Crippen molar-refractivity contribution in [2.75, 3.05) is 5.43 Å². The van der Waals surface area contributed by atoms with Crippen LogP contribution in [0, 0.1) is 0 Å². The zero-order valence-corrected chi connectivity index (χ0v) is 11.3. The molecule has 3 nitrogen and oxygen atoms in total. The normalized spacial score (nSPS) is 12.6. The van der Waals surface area contributed by atoms with E-state index in [1.165, 1.54) is 0 Å². The molecule has 1 unspecified atom stereocenters. The monoisotopic (exact) mass is 274 g/mol. The number of aliphatic hydroxyl groups is 1. The number of halogens is 1. The molecule has 1 atom stereocenters. The second-order valence-corrected chi connectivity index (χ2v) is 4.48. The Labute approximate surface area is 117 Å². The summed E-state index contributed by atoms with van der Waals surface area (Å²) in [4.78, 5) is 0. The highest BCUT2D eigenvalue weighted by Crippen LogP contribution is 2.30. The van der Waals surface area contributed by atoms with Crippen LogP contribution in [0.5, 0.6) is 0 Å². The molecular formula is C15H15ClN2O. The van der Waals surface area contributed by atoms with Crippen LogP contribution in [0.1, 0.15) is 24.2 Å². The molecule has 0 heterocycles. The van der Waals surface area contributed by atoms with E-state index in [4.69, 9.17) is 11.6 Å². The predicted octanol–water partition coefficient (Wildman–Crippen LogP) is 3.84. The molecule has 0 spiro atoms. The lowest BCUT2D eigenvalue weighted by molar-refractivity contribution is 0.221. The Morgan fingerprint density at radius 2 is 1.95 bits per heavy atom. The van der Waals surface area contributed by atoms with Crippen molar-refractivity contribution in [1.29, 1.82) is 0 Å². The van der Waals surface area contributed by atoms with Crippen LogP contribution in [0.2, 0.25) is 5.02 Å². The van der Waals surface area contributed by atoms with E-state index in [1.54, 1.807) is 24.4 Å². The minimum atomic E-state index is -0.741. The van der Waals surface area contributed by atoms with Gasteiger partial charge in [-0.3, -0.25) is 5.43 Å². The van der Waals surface area contributed by atoms with Gasteiger partial charge in [0.2, 0.25) is 0 Å². The first-order valence-electron chi connectivity index (χ1n) is 5.98. The van der Waals surface area contributed by atoms with Gasteiger partial charge in [-0.25, -0.2) is 0 Å². The number of hydrogen-bond acceptors (Lipinski definition) is 3. The second kappa shape index (κ2) is 6.36. The Hall–Kier alpha value is -1.84. The number of hydrazone groups is 1.